The fraction of sp³-hybridized carbons (Fsp3) is 0.643. The Bertz CT molecular complexity index is 836. The molecule has 2 amide bonds. The lowest BCUT2D eigenvalue weighted by Gasteiger charge is -2.37. The van der Waals surface area contributed by atoms with Gasteiger partial charge in [-0.05, 0) is 75.8 Å². The topological polar surface area (TPSA) is 64.7 Å². The summed E-state index contributed by atoms with van der Waals surface area (Å²) in [4.78, 5) is 31.3. The maximum atomic E-state index is 14.0. The SMILES string of the molecule is CN[C@@H](C)C(=O)NC(C(=O)N1CCC2CCCN(C=Cc3ccccc3)CC21)C1CCCCC1. The van der Waals surface area contributed by atoms with Crippen LogP contribution in [0.2, 0.25) is 0 Å². The van der Waals surface area contributed by atoms with Crippen molar-refractivity contribution in [3.63, 3.8) is 0 Å². The van der Waals surface area contributed by atoms with E-state index in [9.17, 15) is 9.59 Å². The summed E-state index contributed by atoms with van der Waals surface area (Å²) in [5.74, 6) is 0.867. The Kier molecular flexibility index (Phi) is 8.65. The predicted molar refractivity (Wildman–Crippen MR) is 137 cm³/mol. The van der Waals surface area contributed by atoms with Gasteiger partial charge in [0.2, 0.25) is 11.8 Å². The molecule has 1 aliphatic carbocycles. The molecule has 0 spiro atoms. The van der Waals surface area contributed by atoms with Crippen LogP contribution in [-0.4, -0.2) is 66.4 Å². The van der Waals surface area contributed by atoms with Gasteiger partial charge < -0.3 is 20.4 Å². The van der Waals surface area contributed by atoms with Gasteiger partial charge in [0.25, 0.3) is 0 Å². The Morgan fingerprint density at radius 2 is 1.76 bits per heavy atom. The van der Waals surface area contributed by atoms with Crippen LogP contribution in [0.4, 0.5) is 0 Å². The molecule has 1 aromatic rings. The summed E-state index contributed by atoms with van der Waals surface area (Å²) in [6.07, 6.45) is 13.4. The Balaban J connectivity index is 1.49. The van der Waals surface area contributed by atoms with E-state index in [0.29, 0.717) is 5.92 Å². The smallest absolute Gasteiger partial charge is 0.245 e. The van der Waals surface area contributed by atoms with Crippen LogP contribution >= 0.6 is 0 Å². The van der Waals surface area contributed by atoms with E-state index in [4.69, 9.17) is 0 Å². The third kappa shape index (κ3) is 6.01. The third-order valence-corrected chi connectivity index (χ3v) is 8.20. The van der Waals surface area contributed by atoms with E-state index >= 15 is 0 Å². The van der Waals surface area contributed by atoms with Crippen LogP contribution < -0.4 is 10.6 Å². The van der Waals surface area contributed by atoms with E-state index in [2.05, 4.69) is 57.0 Å². The number of hydrogen-bond donors (Lipinski definition) is 2. The van der Waals surface area contributed by atoms with Crippen molar-refractivity contribution in [1.82, 2.24) is 20.4 Å². The first kappa shape index (κ1) is 24.8. The fourth-order valence-corrected chi connectivity index (χ4v) is 5.99. The van der Waals surface area contributed by atoms with E-state index in [0.717, 1.165) is 58.2 Å². The second-order valence-electron chi connectivity index (χ2n) is 10.4. The molecule has 2 N–H and O–H groups in total. The van der Waals surface area contributed by atoms with E-state index in [1.165, 1.54) is 18.4 Å². The van der Waals surface area contributed by atoms with Gasteiger partial charge in [-0.15, -0.1) is 0 Å². The number of likely N-dealkylation sites (tertiary alicyclic amines) is 2. The average Bonchev–Trinajstić information content (AvgIpc) is 3.16. The van der Waals surface area contributed by atoms with Gasteiger partial charge in [-0.25, -0.2) is 0 Å². The average molecular weight is 467 g/mol. The number of hydrogen-bond acceptors (Lipinski definition) is 4. The number of benzene rings is 1. The van der Waals surface area contributed by atoms with E-state index in [1.807, 2.05) is 13.0 Å². The number of rotatable bonds is 7. The lowest BCUT2D eigenvalue weighted by Crippen LogP contribution is -2.57. The van der Waals surface area contributed by atoms with Crippen molar-refractivity contribution in [2.24, 2.45) is 11.8 Å². The highest BCUT2D eigenvalue weighted by Gasteiger charge is 2.43. The number of carbonyl (C=O) groups is 2. The molecule has 6 nitrogen and oxygen atoms in total. The van der Waals surface area contributed by atoms with E-state index in [-0.39, 0.29) is 29.8 Å². The van der Waals surface area contributed by atoms with Crippen LogP contribution in [0.15, 0.2) is 36.5 Å². The van der Waals surface area contributed by atoms with Gasteiger partial charge in [0.1, 0.15) is 6.04 Å². The van der Waals surface area contributed by atoms with Gasteiger partial charge in [-0.3, -0.25) is 9.59 Å². The van der Waals surface area contributed by atoms with Crippen molar-refractivity contribution < 1.29 is 9.59 Å². The highest BCUT2D eigenvalue weighted by molar-refractivity contribution is 5.90. The zero-order valence-electron chi connectivity index (χ0n) is 20.9. The molecule has 4 rings (SSSR count). The molecule has 3 unspecified atom stereocenters. The van der Waals surface area contributed by atoms with Gasteiger partial charge >= 0.3 is 0 Å². The molecule has 2 aliphatic heterocycles. The van der Waals surface area contributed by atoms with Crippen LogP contribution in [0, 0.1) is 11.8 Å². The van der Waals surface area contributed by atoms with Crippen LogP contribution in [0.3, 0.4) is 0 Å². The van der Waals surface area contributed by atoms with E-state index < -0.39 is 6.04 Å². The van der Waals surface area contributed by atoms with Gasteiger partial charge in [0.15, 0.2) is 0 Å². The van der Waals surface area contributed by atoms with Crippen LogP contribution in [0.1, 0.15) is 63.9 Å². The highest BCUT2D eigenvalue weighted by Crippen LogP contribution is 2.34. The minimum atomic E-state index is -0.404. The zero-order valence-corrected chi connectivity index (χ0v) is 20.9. The minimum Gasteiger partial charge on any atom is -0.375 e. The Hall–Kier alpha value is -2.34. The molecular formula is C28H42N4O2. The largest absolute Gasteiger partial charge is 0.375 e. The maximum Gasteiger partial charge on any atom is 0.245 e. The predicted octanol–water partition coefficient (Wildman–Crippen LogP) is 3.64. The molecule has 186 valence electrons. The van der Waals surface area contributed by atoms with E-state index in [1.54, 1.807) is 7.05 Å². The minimum absolute atomic E-state index is 0.0737. The summed E-state index contributed by atoms with van der Waals surface area (Å²) in [5, 5.41) is 6.18. The number of likely N-dealkylation sites (N-methyl/N-ethyl adjacent to an activating group) is 1. The number of nitrogens with one attached hydrogen (secondary N) is 2. The Morgan fingerprint density at radius 1 is 1.00 bits per heavy atom. The van der Waals surface area contributed by atoms with Gasteiger partial charge in [0, 0.05) is 19.6 Å². The molecular weight excluding hydrogens is 424 g/mol. The van der Waals surface area contributed by atoms with Crippen LogP contribution in [0.25, 0.3) is 6.08 Å². The number of nitrogens with zero attached hydrogens (tertiary/aromatic N) is 2. The van der Waals surface area contributed by atoms with Gasteiger partial charge in [0.05, 0.1) is 12.1 Å². The van der Waals surface area contributed by atoms with Crippen LogP contribution in [-0.2, 0) is 9.59 Å². The molecule has 6 heteroatoms. The summed E-state index contributed by atoms with van der Waals surface area (Å²) in [6.45, 7) is 4.57. The molecule has 0 bridgehead atoms. The van der Waals surface area contributed by atoms with Crippen molar-refractivity contribution in [2.45, 2.75) is 76.4 Å². The summed E-state index contributed by atoms with van der Waals surface area (Å²) in [6, 6.07) is 9.90. The molecule has 34 heavy (non-hydrogen) atoms. The molecule has 0 radical (unpaired) electrons. The summed E-state index contributed by atoms with van der Waals surface area (Å²) in [5.41, 5.74) is 1.20. The molecule has 1 saturated carbocycles. The monoisotopic (exact) mass is 466 g/mol. The molecule has 2 heterocycles. The molecule has 0 aromatic heterocycles. The van der Waals surface area contributed by atoms with Crippen molar-refractivity contribution in [3.05, 3.63) is 42.1 Å². The molecule has 1 aromatic carbocycles. The maximum absolute atomic E-state index is 14.0. The van der Waals surface area contributed by atoms with Crippen molar-refractivity contribution >= 4 is 17.9 Å². The second-order valence-corrected chi connectivity index (χ2v) is 10.4. The van der Waals surface area contributed by atoms with Gasteiger partial charge in [-0.2, -0.15) is 0 Å². The Morgan fingerprint density at radius 3 is 2.50 bits per heavy atom. The molecule has 2 saturated heterocycles. The summed E-state index contributed by atoms with van der Waals surface area (Å²) < 4.78 is 0. The summed E-state index contributed by atoms with van der Waals surface area (Å²) >= 11 is 0. The normalized spacial score (nSPS) is 25.6. The number of carbonyl (C=O) groups excluding carboxylic acids is 2. The van der Waals surface area contributed by atoms with Gasteiger partial charge in [-0.1, -0.05) is 49.6 Å². The standard InChI is InChI=1S/C28H42N4O2/c1-21(29-2)27(33)30-26(24-12-7-4-8-13-24)28(34)32-19-16-23-14-9-17-31(20-25(23)32)18-15-22-10-5-3-6-11-22/h3,5-6,10-11,15,18,21,23-26,29H,4,7-9,12-14,16-17,19-20H2,1-2H3,(H,30,33)/t21-,23?,25?,26?/m0/s1. The molecule has 3 fully saturated rings. The highest BCUT2D eigenvalue weighted by atomic mass is 16.2. The first-order valence-electron chi connectivity index (χ1n) is 13.3. The number of fused-ring (bicyclic) bond motifs is 1. The summed E-state index contributed by atoms with van der Waals surface area (Å²) in [7, 11) is 1.79. The molecule has 3 aliphatic rings. The fourth-order valence-electron chi connectivity index (χ4n) is 5.99. The quantitative estimate of drug-likeness (QED) is 0.644. The first-order chi connectivity index (χ1) is 16.6. The zero-order chi connectivity index (χ0) is 23.9. The second kappa shape index (κ2) is 11.9. The van der Waals surface area contributed by atoms with Crippen molar-refractivity contribution in [1.29, 1.82) is 0 Å². The van der Waals surface area contributed by atoms with Crippen LogP contribution in [0.5, 0.6) is 0 Å². The van der Waals surface area contributed by atoms with Crippen molar-refractivity contribution in [2.75, 3.05) is 26.7 Å². The lowest BCUT2D eigenvalue weighted by atomic mass is 9.83. The molecule has 4 atom stereocenters. The lowest BCUT2D eigenvalue weighted by molar-refractivity contribution is -0.140. The van der Waals surface area contributed by atoms with Crippen molar-refractivity contribution in [3.8, 4) is 0 Å². The first-order valence-corrected chi connectivity index (χ1v) is 13.3. The third-order valence-electron chi connectivity index (χ3n) is 8.20. The number of amides is 2. The Labute approximate surface area is 205 Å².